The molecule has 0 saturated heterocycles. The Bertz CT molecular complexity index is 503. The van der Waals surface area contributed by atoms with Crippen molar-refractivity contribution in [3.8, 4) is 5.75 Å². The second kappa shape index (κ2) is 4.97. The van der Waals surface area contributed by atoms with Crippen LogP contribution in [-0.2, 0) is 9.59 Å². The first-order chi connectivity index (χ1) is 8.51. The van der Waals surface area contributed by atoms with Crippen LogP contribution in [0.3, 0.4) is 0 Å². The number of benzene rings is 1. The molecule has 0 heterocycles. The van der Waals surface area contributed by atoms with Gasteiger partial charge in [0.1, 0.15) is 5.75 Å². The number of hydrogen-bond donors (Lipinski definition) is 2. The Balaban J connectivity index is 2.04. The normalized spacial score (nSPS) is 21.2. The summed E-state index contributed by atoms with van der Waals surface area (Å²) in [6, 6.07) is 5.19. The summed E-state index contributed by atoms with van der Waals surface area (Å²) in [5, 5.41) is 11.4. The Morgan fingerprint density at radius 2 is 2.11 bits per heavy atom. The fourth-order valence-corrected chi connectivity index (χ4v) is 2.22. The molecule has 1 aliphatic rings. The van der Waals surface area contributed by atoms with E-state index < -0.39 is 17.8 Å². The third-order valence-electron chi connectivity index (χ3n) is 2.82. The fraction of sp³-hybridized carbons (Fsp3) is 0.333. The van der Waals surface area contributed by atoms with E-state index in [1.54, 1.807) is 18.2 Å². The number of carboxylic acids is 1. The number of amides is 1. The largest absolute Gasteiger partial charge is 0.497 e. The molecular weight excluding hydrogens is 302 g/mol. The monoisotopic (exact) mass is 313 g/mol. The molecule has 6 heteroatoms. The Kier molecular flexibility index (Phi) is 3.56. The van der Waals surface area contributed by atoms with Gasteiger partial charge in [-0.25, -0.2) is 0 Å². The van der Waals surface area contributed by atoms with Crippen LogP contribution < -0.4 is 10.1 Å². The summed E-state index contributed by atoms with van der Waals surface area (Å²) in [5.74, 6) is -1.53. The maximum atomic E-state index is 11.8. The lowest BCUT2D eigenvalue weighted by Gasteiger charge is -2.07. The van der Waals surface area contributed by atoms with Crippen LogP contribution in [0.1, 0.15) is 6.42 Å². The van der Waals surface area contributed by atoms with E-state index in [0.29, 0.717) is 17.9 Å². The summed E-state index contributed by atoms with van der Waals surface area (Å²) in [4.78, 5) is 22.4. The van der Waals surface area contributed by atoms with Crippen molar-refractivity contribution in [1.82, 2.24) is 0 Å². The molecule has 2 rings (SSSR count). The van der Waals surface area contributed by atoms with E-state index >= 15 is 0 Å². The molecule has 2 atom stereocenters. The quantitative estimate of drug-likeness (QED) is 0.892. The van der Waals surface area contributed by atoms with Crippen LogP contribution >= 0.6 is 15.9 Å². The third-order valence-corrected chi connectivity index (χ3v) is 3.28. The second-order valence-electron chi connectivity index (χ2n) is 4.16. The molecule has 1 saturated carbocycles. The van der Waals surface area contributed by atoms with E-state index in [0.717, 1.165) is 4.47 Å². The van der Waals surface area contributed by atoms with Crippen LogP contribution in [0.2, 0.25) is 0 Å². The van der Waals surface area contributed by atoms with Gasteiger partial charge >= 0.3 is 5.97 Å². The molecule has 5 nitrogen and oxygen atoms in total. The van der Waals surface area contributed by atoms with Gasteiger partial charge in [0.25, 0.3) is 0 Å². The Morgan fingerprint density at radius 3 is 2.67 bits per heavy atom. The summed E-state index contributed by atoms with van der Waals surface area (Å²) in [7, 11) is 1.54. The van der Waals surface area contributed by atoms with Crippen molar-refractivity contribution in [2.75, 3.05) is 12.4 Å². The molecule has 18 heavy (non-hydrogen) atoms. The molecule has 0 aliphatic heterocycles. The maximum absolute atomic E-state index is 11.8. The number of rotatable bonds is 4. The number of nitrogens with one attached hydrogen (secondary N) is 1. The molecule has 0 aromatic heterocycles. The molecule has 0 radical (unpaired) electrons. The van der Waals surface area contributed by atoms with Crippen LogP contribution in [0.25, 0.3) is 0 Å². The van der Waals surface area contributed by atoms with Crippen LogP contribution in [0.4, 0.5) is 5.69 Å². The lowest BCUT2D eigenvalue weighted by molar-refractivity contribution is -0.139. The SMILES string of the molecule is COc1cc(Br)cc(NC(=O)[C@@H]2C[C@@H]2C(=O)O)c1. The third kappa shape index (κ3) is 2.81. The Labute approximate surface area is 112 Å². The topological polar surface area (TPSA) is 75.6 Å². The summed E-state index contributed by atoms with van der Waals surface area (Å²) in [6.45, 7) is 0. The van der Waals surface area contributed by atoms with E-state index in [1.807, 2.05) is 0 Å². The van der Waals surface area contributed by atoms with Crippen LogP contribution in [0, 0.1) is 11.8 Å². The second-order valence-corrected chi connectivity index (χ2v) is 5.07. The number of anilines is 1. The minimum absolute atomic E-state index is 0.262. The highest BCUT2D eigenvalue weighted by Crippen LogP contribution is 2.39. The molecular formula is C12H12BrNO4. The van der Waals surface area contributed by atoms with Gasteiger partial charge in [-0.15, -0.1) is 0 Å². The molecule has 1 aromatic rings. The molecule has 2 N–H and O–H groups in total. The van der Waals surface area contributed by atoms with Crippen LogP contribution in [0.5, 0.6) is 5.75 Å². The highest BCUT2D eigenvalue weighted by Gasteiger charge is 2.48. The van der Waals surface area contributed by atoms with Crippen molar-refractivity contribution in [2.45, 2.75) is 6.42 Å². The molecule has 0 spiro atoms. The van der Waals surface area contributed by atoms with Crippen molar-refractivity contribution in [2.24, 2.45) is 11.8 Å². The van der Waals surface area contributed by atoms with E-state index in [4.69, 9.17) is 9.84 Å². The lowest BCUT2D eigenvalue weighted by Crippen LogP contribution is -2.16. The molecule has 96 valence electrons. The molecule has 0 unspecified atom stereocenters. The summed E-state index contributed by atoms with van der Waals surface area (Å²) in [6.07, 6.45) is 0.409. The van der Waals surface area contributed by atoms with Crippen LogP contribution in [0.15, 0.2) is 22.7 Å². The average Bonchev–Trinajstić information content (AvgIpc) is 3.07. The Hall–Kier alpha value is -1.56. The highest BCUT2D eigenvalue weighted by atomic mass is 79.9. The Morgan fingerprint density at radius 1 is 1.39 bits per heavy atom. The van der Waals surface area contributed by atoms with Gasteiger partial charge in [-0.2, -0.15) is 0 Å². The molecule has 1 fully saturated rings. The summed E-state index contributed by atoms with van der Waals surface area (Å²) in [5.41, 5.74) is 0.585. The maximum Gasteiger partial charge on any atom is 0.307 e. The molecule has 1 amide bonds. The minimum Gasteiger partial charge on any atom is -0.497 e. The molecule has 1 aliphatic carbocycles. The van der Waals surface area contributed by atoms with Crippen LogP contribution in [-0.4, -0.2) is 24.1 Å². The smallest absolute Gasteiger partial charge is 0.307 e. The van der Waals surface area contributed by atoms with E-state index in [-0.39, 0.29) is 5.91 Å². The van der Waals surface area contributed by atoms with Gasteiger partial charge in [0.2, 0.25) is 5.91 Å². The first-order valence-corrected chi connectivity index (χ1v) is 6.19. The number of ether oxygens (including phenoxy) is 1. The lowest BCUT2D eigenvalue weighted by atomic mass is 10.2. The van der Waals surface area contributed by atoms with Crippen molar-refractivity contribution >= 4 is 33.5 Å². The number of methoxy groups -OCH3 is 1. The van der Waals surface area contributed by atoms with Crippen molar-refractivity contribution < 1.29 is 19.4 Å². The number of aliphatic carboxylic acids is 1. The van der Waals surface area contributed by atoms with Gasteiger partial charge in [0, 0.05) is 16.2 Å². The van der Waals surface area contributed by atoms with Gasteiger partial charge in [-0.05, 0) is 18.6 Å². The van der Waals surface area contributed by atoms with Gasteiger partial charge in [-0.3, -0.25) is 9.59 Å². The van der Waals surface area contributed by atoms with Crippen molar-refractivity contribution in [3.05, 3.63) is 22.7 Å². The number of carbonyl (C=O) groups excluding carboxylic acids is 1. The summed E-state index contributed by atoms with van der Waals surface area (Å²) < 4.78 is 5.86. The van der Waals surface area contributed by atoms with Crippen molar-refractivity contribution in [3.63, 3.8) is 0 Å². The van der Waals surface area contributed by atoms with Gasteiger partial charge in [-0.1, -0.05) is 15.9 Å². The fourth-order valence-electron chi connectivity index (χ4n) is 1.75. The first-order valence-electron chi connectivity index (χ1n) is 5.39. The number of carbonyl (C=O) groups is 2. The van der Waals surface area contributed by atoms with E-state index in [9.17, 15) is 9.59 Å². The number of carboxylic acid groups (broad SMARTS) is 1. The van der Waals surface area contributed by atoms with E-state index in [1.165, 1.54) is 7.11 Å². The molecule has 0 bridgehead atoms. The summed E-state index contributed by atoms with van der Waals surface area (Å²) >= 11 is 3.31. The zero-order valence-electron chi connectivity index (χ0n) is 9.64. The minimum atomic E-state index is -0.915. The van der Waals surface area contributed by atoms with Crippen molar-refractivity contribution in [1.29, 1.82) is 0 Å². The van der Waals surface area contributed by atoms with Gasteiger partial charge in [0.15, 0.2) is 0 Å². The molecule has 1 aromatic carbocycles. The zero-order valence-corrected chi connectivity index (χ0v) is 11.2. The standard InChI is InChI=1S/C12H12BrNO4/c1-18-8-3-6(13)2-7(4-8)14-11(15)9-5-10(9)12(16)17/h2-4,9-10H,5H2,1H3,(H,14,15)(H,16,17)/t9-,10+/m1/s1. The predicted molar refractivity (Wildman–Crippen MR) is 68.6 cm³/mol. The predicted octanol–water partition coefficient (Wildman–Crippen LogP) is 2.12. The zero-order chi connectivity index (χ0) is 13.3. The van der Waals surface area contributed by atoms with Gasteiger partial charge < -0.3 is 15.2 Å². The average molecular weight is 314 g/mol. The first kappa shape index (κ1) is 12.9. The highest BCUT2D eigenvalue weighted by molar-refractivity contribution is 9.10. The number of hydrogen-bond acceptors (Lipinski definition) is 3. The van der Waals surface area contributed by atoms with Gasteiger partial charge in [0.05, 0.1) is 18.9 Å². The number of halogens is 1. The van der Waals surface area contributed by atoms with E-state index in [2.05, 4.69) is 21.2 Å².